The summed E-state index contributed by atoms with van der Waals surface area (Å²) in [5.41, 5.74) is -0.0395. The minimum Gasteiger partial charge on any atom is -0.481 e. The summed E-state index contributed by atoms with van der Waals surface area (Å²) in [6.07, 6.45) is 3.62. The van der Waals surface area contributed by atoms with E-state index >= 15 is 0 Å². The van der Waals surface area contributed by atoms with Crippen molar-refractivity contribution in [3.05, 3.63) is 33.5 Å². The van der Waals surface area contributed by atoms with Crippen molar-refractivity contribution in [1.29, 1.82) is 0 Å². The third-order valence-electron chi connectivity index (χ3n) is 4.03. The van der Waals surface area contributed by atoms with E-state index in [9.17, 15) is 14.3 Å². The SMILES string of the molecule is COCc1cc(Br)c(F)c(C2(C(=O)O)CCCCC2)c1. The molecule has 20 heavy (non-hydrogen) atoms. The second-order valence-electron chi connectivity index (χ2n) is 5.32. The summed E-state index contributed by atoms with van der Waals surface area (Å²) in [6, 6.07) is 3.28. The maximum Gasteiger partial charge on any atom is 0.314 e. The van der Waals surface area contributed by atoms with Crippen molar-refractivity contribution < 1.29 is 19.0 Å². The Morgan fingerprint density at radius 2 is 2.05 bits per heavy atom. The molecule has 110 valence electrons. The molecule has 1 saturated carbocycles. The van der Waals surface area contributed by atoms with Crippen LogP contribution in [-0.2, 0) is 21.6 Å². The molecule has 2 rings (SSSR count). The molecule has 3 nitrogen and oxygen atoms in total. The van der Waals surface area contributed by atoms with Crippen molar-refractivity contribution in [2.24, 2.45) is 0 Å². The van der Waals surface area contributed by atoms with Gasteiger partial charge in [0.25, 0.3) is 0 Å². The van der Waals surface area contributed by atoms with Gasteiger partial charge in [-0.1, -0.05) is 19.3 Å². The number of hydrogen-bond acceptors (Lipinski definition) is 2. The Morgan fingerprint density at radius 3 is 2.60 bits per heavy atom. The van der Waals surface area contributed by atoms with E-state index in [2.05, 4.69) is 15.9 Å². The molecule has 1 aliphatic carbocycles. The van der Waals surface area contributed by atoms with Gasteiger partial charge >= 0.3 is 5.97 Å². The zero-order valence-corrected chi connectivity index (χ0v) is 13.0. The summed E-state index contributed by atoms with van der Waals surface area (Å²) in [4.78, 5) is 11.8. The molecule has 0 amide bonds. The number of benzene rings is 1. The topological polar surface area (TPSA) is 46.5 Å². The number of methoxy groups -OCH3 is 1. The van der Waals surface area contributed by atoms with Crippen molar-refractivity contribution in [2.75, 3.05) is 7.11 Å². The number of aliphatic carboxylic acids is 1. The Kier molecular flexibility index (Phi) is 4.81. The maximum atomic E-state index is 14.5. The van der Waals surface area contributed by atoms with Crippen LogP contribution in [0.2, 0.25) is 0 Å². The zero-order valence-electron chi connectivity index (χ0n) is 11.4. The molecule has 0 unspecified atom stereocenters. The van der Waals surface area contributed by atoms with Crippen LogP contribution in [0.5, 0.6) is 0 Å². The Labute approximate surface area is 126 Å². The molecule has 0 saturated heterocycles. The first kappa shape index (κ1) is 15.4. The lowest BCUT2D eigenvalue weighted by molar-refractivity contribution is -0.145. The van der Waals surface area contributed by atoms with E-state index in [0.29, 0.717) is 23.9 Å². The van der Waals surface area contributed by atoms with E-state index in [-0.39, 0.29) is 5.56 Å². The van der Waals surface area contributed by atoms with Gasteiger partial charge in [0.1, 0.15) is 5.82 Å². The van der Waals surface area contributed by atoms with Crippen molar-refractivity contribution in [1.82, 2.24) is 0 Å². The zero-order chi connectivity index (χ0) is 14.8. The van der Waals surface area contributed by atoms with Crippen LogP contribution in [0.15, 0.2) is 16.6 Å². The lowest BCUT2D eigenvalue weighted by Crippen LogP contribution is -2.38. The normalized spacial score (nSPS) is 17.9. The van der Waals surface area contributed by atoms with Crippen molar-refractivity contribution >= 4 is 21.9 Å². The highest BCUT2D eigenvalue weighted by Crippen LogP contribution is 2.42. The van der Waals surface area contributed by atoms with Gasteiger partial charge in [-0.15, -0.1) is 0 Å². The van der Waals surface area contributed by atoms with Crippen molar-refractivity contribution in [3.8, 4) is 0 Å². The minimum absolute atomic E-state index is 0.283. The molecule has 0 spiro atoms. The van der Waals surface area contributed by atoms with Crippen molar-refractivity contribution in [3.63, 3.8) is 0 Å². The van der Waals surface area contributed by atoms with Gasteiger partial charge in [-0.2, -0.15) is 0 Å². The highest BCUT2D eigenvalue weighted by atomic mass is 79.9. The number of ether oxygens (including phenoxy) is 1. The van der Waals surface area contributed by atoms with Crippen LogP contribution in [0.3, 0.4) is 0 Å². The Morgan fingerprint density at radius 1 is 1.40 bits per heavy atom. The molecule has 1 N–H and O–H groups in total. The van der Waals surface area contributed by atoms with Gasteiger partial charge in [0.15, 0.2) is 0 Å². The van der Waals surface area contributed by atoms with Gasteiger partial charge < -0.3 is 9.84 Å². The maximum absolute atomic E-state index is 14.5. The van der Waals surface area contributed by atoms with Crippen LogP contribution in [0, 0.1) is 5.82 Å². The summed E-state index contributed by atoms with van der Waals surface area (Å²) in [5, 5.41) is 9.67. The smallest absolute Gasteiger partial charge is 0.314 e. The molecule has 1 aliphatic rings. The van der Waals surface area contributed by atoms with E-state index < -0.39 is 17.2 Å². The van der Waals surface area contributed by atoms with Gasteiger partial charge in [0, 0.05) is 12.7 Å². The fourth-order valence-corrected chi connectivity index (χ4v) is 3.50. The summed E-state index contributed by atoms with van der Waals surface area (Å²) < 4.78 is 19.8. The van der Waals surface area contributed by atoms with Crippen LogP contribution in [0.25, 0.3) is 0 Å². The van der Waals surface area contributed by atoms with E-state index in [1.165, 1.54) is 0 Å². The first-order valence-electron chi connectivity index (χ1n) is 6.72. The highest BCUT2D eigenvalue weighted by Gasteiger charge is 2.43. The molecule has 0 heterocycles. The number of carboxylic acids is 1. The second-order valence-corrected chi connectivity index (χ2v) is 6.17. The third-order valence-corrected chi connectivity index (χ3v) is 4.61. The number of carboxylic acid groups (broad SMARTS) is 1. The average Bonchev–Trinajstić information content (AvgIpc) is 2.43. The molecule has 0 atom stereocenters. The van der Waals surface area contributed by atoms with Crippen LogP contribution in [-0.4, -0.2) is 18.2 Å². The molecular formula is C15H18BrFO3. The molecule has 1 aromatic carbocycles. The largest absolute Gasteiger partial charge is 0.481 e. The lowest BCUT2D eigenvalue weighted by Gasteiger charge is -2.34. The molecule has 0 aliphatic heterocycles. The summed E-state index contributed by atoms with van der Waals surface area (Å²) in [5.74, 6) is -1.40. The molecule has 0 aromatic heterocycles. The van der Waals surface area contributed by atoms with Crippen LogP contribution in [0.1, 0.15) is 43.2 Å². The lowest BCUT2D eigenvalue weighted by atomic mass is 9.69. The first-order chi connectivity index (χ1) is 9.51. The standard InChI is InChI=1S/C15H18BrFO3/c1-20-9-10-7-11(13(17)12(16)8-10)15(14(18)19)5-3-2-4-6-15/h7-8H,2-6,9H2,1H3,(H,18,19). The van der Waals surface area contributed by atoms with Crippen LogP contribution >= 0.6 is 15.9 Å². The molecule has 0 radical (unpaired) electrons. The van der Waals surface area contributed by atoms with Gasteiger partial charge in [-0.25, -0.2) is 4.39 Å². The Balaban J connectivity index is 2.55. The van der Waals surface area contributed by atoms with Crippen LogP contribution in [0.4, 0.5) is 4.39 Å². The number of rotatable bonds is 4. The van der Waals surface area contributed by atoms with Gasteiger partial charge in [-0.05, 0) is 46.5 Å². The molecule has 1 fully saturated rings. The molecule has 0 bridgehead atoms. The number of carbonyl (C=O) groups is 1. The van der Waals surface area contributed by atoms with Crippen LogP contribution < -0.4 is 0 Å². The monoisotopic (exact) mass is 344 g/mol. The number of hydrogen-bond donors (Lipinski definition) is 1. The molecule has 1 aromatic rings. The predicted molar refractivity (Wildman–Crippen MR) is 77.2 cm³/mol. The Bertz CT molecular complexity index is 510. The predicted octanol–water partition coefficient (Wildman–Crippen LogP) is 4.02. The summed E-state index contributed by atoms with van der Waals surface area (Å²) >= 11 is 3.18. The van der Waals surface area contributed by atoms with Gasteiger partial charge in [0.2, 0.25) is 0 Å². The highest BCUT2D eigenvalue weighted by molar-refractivity contribution is 9.10. The fraction of sp³-hybridized carbons (Fsp3) is 0.533. The minimum atomic E-state index is -1.10. The quantitative estimate of drug-likeness (QED) is 0.897. The van der Waals surface area contributed by atoms with E-state index in [4.69, 9.17) is 4.74 Å². The van der Waals surface area contributed by atoms with Crippen molar-refractivity contribution in [2.45, 2.75) is 44.1 Å². The summed E-state index contributed by atoms with van der Waals surface area (Å²) in [7, 11) is 1.56. The fourth-order valence-electron chi connectivity index (χ4n) is 3.00. The molecular weight excluding hydrogens is 327 g/mol. The second kappa shape index (κ2) is 6.22. The average molecular weight is 345 g/mol. The van der Waals surface area contributed by atoms with Gasteiger partial charge in [0.05, 0.1) is 16.5 Å². The number of halogens is 2. The Hall–Kier alpha value is -0.940. The van der Waals surface area contributed by atoms with E-state index in [1.807, 2.05) is 0 Å². The van der Waals surface area contributed by atoms with E-state index in [1.54, 1.807) is 19.2 Å². The van der Waals surface area contributed by atoms with Gasteiger partial charge in [-0.3, -0.25) is 4.79 Å². The molecule has 5 heteroatoms. The summed E-state index contributed by atoms with van der Waals surface area (Å²) in [6.45, 7) is 0.335. The third kappa shape index (κ3) is 2.74. The van der Waals surface area contributed by atoms with E-state index in [0.717, 1.165) is 24.8 Å². The first-order valence-corrected chi connectivity index (χ1v) is 7.51.